The van der Waals surface area contributed by atoms with E-state index in [0.29, 0.717) is 18.9 Å². The number of ether oxygens (including phenoxy) is 1. The number of fused-ring (bicyclic) bond motifs is 1. The van der Waals surface area contributed by atoms with Crippen molar-refractivity contribution in [1.82, 2.24) is 9.88 Å². The molecule has 2 amide bonds. The van der Waals surface area contributed by atoms with Crippen LogP contribution >= 0.6 is 0 Å². The third-order valence-corrected chi connectivity index (χ3v) is 3.58. The van der Waals surface area contributed by atoms with Crippen molar-refractivity contribution in [3.63, 3.8) is 0 Å². The molecule has 0 spiro atoms. The second kappa shape index (κ2) is 6.40. The average molecular weight is 317 g/mol. The first-order valence-electron chi connectivity index (χ1n) is 7.57. The van der Waals surface area contributed by atoms with Crippen LogP contribution in [0.5, 0.6) is 0 Å². The number of rotatable bonds is 2. The number of carbonyl (C=O) groups is 2. The smallest absolute Gasteiger partial charge is 0.410 e. The van der Waals surface area contributed by atoms with Gasteiger partial charge in [-0.15, -0.1) is 0 Å². The highest BCUT2D eigenvalue weighted by Crippen LogP contribution is 2.23. The van der Waals surface area contributed by atoms with Crippen LogP contribution in [0, 0.1) is 0 Å². The van der Waals surface area contributed by atoms with Gasteiger partial charge in [-0.3, -0.25) is 9.69 Å². The largest absolute Gasteiger partial charge is 0.444 e. The molecular formula is C17H23N3O3. The molecule has 1 aromatic rings. The number of hydrogen-bond donors (Lipinski definition) is 0. The first kappa shape index (κ1) is 17.0. The molecule has 124 valence electrons. The maximum Gasteiger partial charge on any atom is 0.410 e. The van der Waals surface area contributed by atoms with Gasteiger partial charge in [-0.25, -0.2) is 9.78 Å². The fourth-order valence-corrected chi connectivity index (χ4v) is 2.34. The highest BCUT2D eigenvalue weighted by atomic mass is 16.6. The lowest BCUT2D eigenvalue weighted by Gasteiger charge is -2.31. The first-order valence-corrected chi connectivity index (χ1v) is 7.57. The Bertz CT molecular complexity index is 634. The van der Waals surface area contributed by atoms with Crippen LogP contribution in [0.25, 0.3) is 0 Å². The summed E-state index contributed by atoms with van der Waals surface area (Å²) in [5, 5.41) is 0. The summed E-state index contributed by atoms with van der Waals surface area (Å²) in [4.78, 5) is 31.3. The minimum atomic E-state index is -0.517. The average Bonchev–Trinajstić information content (AvgIpc) is 2.50. The van der Waals surface area contributed by atoms with E-state index in [1.54, 1.807) is 18.1 Å². The maximum atomic E-state index is 12.2. The normalized spacial score (nSPS) is 14.0. The van der Waals surface area contributed by atoms with Crippen LogP contribution in [0.3, 0.4) is 0 Å². The van der Waals surface area contributed by atoms with E-state index >= 15 is 0 Å². The third kappa shape index (κ3) is 4.09. The van der Waals surface area contributed by atoms with Gasteiger partial charge < -0.3 is 9.64 Å². The quantitative estimate of drug-likeness (QED) is 0.786. The number of amides is 2. The predicted octanol–water partition coefficient (Wildman–Crippen LogP) is 2.52. The fraction of sp³-hybridized carbons (Fsp3) is 0.471. The molecule has 1 aliphatic heterocycles. The number of hydrogen-bond acceptors (Lipinski definition) is 4. The zero-order chi connectivity index (χ0) is 17.2. The Morgan fingerprint density at radius 3 is 2.70 bits per heavy atom. The molecular weight excluding hydrogens is 294 g/mol. The lowest BCUT2D eigenvalue weighted by molar-refractivity contribution is -0.113. The van der Waals surface area contributed by atoms with Crippen LogP contribution in [0.2, 0.25) is 0 Å². The first-order chi connectivity index (χ1) is 10.7. The van der Waals surface area contributed by atoms with Gasteiger partial charge in [0.15, 0.2) is 0 Å². The third-order valence-electron chi connectivity index (χ3n) is 3.58. The zero-order valence-corrected chi connectivity index (χ0v) is 14.1. The minimum absolute atomic E-state index is 0.225. The van der Waals surface area contributed by atoms with Gasteiger partial charge in [0, 0.05) is 26.3 Å². The SMILES string of the molecule is C=CC(=O)N(C)c1cc2c(cn1)CCN(C(=O)OC(C)(C)C)C2. The van der Waals surface area contributed by atoms with Crippen LogP contribution in [0.4, 0.5) is 10.6 Å². The summed E-state index contributed by atoms with van der Waals surface area (Å²) in [5.74, 6) is 0.317. The Kier molecular flexibility index (Phi) is 4.73. The molecule has 2 heterocycles. The standard InChI is InChI=1S/C17H23N3O3/c1-6-15(21)19(5)14-9-13-11-20(8-7-12(13)10-18-14)16(22)23-17(2,3)4/h6,9-10H,1,7-8,11H2,2-5H3. The summed E-state index contributed by atoms with van der Waals surface area (Å²) in [6.07, 6.45) is 3.41. The number of likely N-dealkylation sites (N-methyl/N-ethyl adjacent to an activating group) is 1. The van der Waals surface area contributed by atoms with Gasteiger partial charge in [-0.05, 0) is 50.5 Å². The molecule has 6 nitrogen and oxygen atoms in total. The van der Waals surface area contributed by atoms with Gasteiger partial charge in [0.05, 0.1) is 0 Å². The molecule has 0 saturated heterocycles. The lowest BCUT2D eigenvalue weighted by atomic mass is 10.0. The molecule has 6 heteroatoms. The fourth-order valence-electron chi connectivity index (χ4n) is 2.34. The van der Waals surface area contributed by atoms with Crippen molar-refractivity contribution in [1.29, 1.82) is 0 Å². The summed E-state index contributed by atoms with van der Waals surface area (Å²) < 4.78 is 5.42. The van der Waals surface area contributed by atoms with Gasteiger partial charge >= 0.3 is 6.09 Å². The Morgan fingerprint density at radius 1 is 1.39 bits per heavy atom. The Hall–Kier alpha value is -2.37. The van der Waals surface area contributed by atoms with E-state index in [0.717, 1.165) is 17.5 Å². The van der Waals surface area contributed by atoms with Gasteiger partial charge in [-0.1, -0.05) is 6.58 Å². The van der Waals surface area contributed by atoms with Crippen molar-refractivity contribution in [2.24, 2.45) is 0 Å². The number of pyridine rings is 1. The molecule has 0 fully saturated rings. The monoisotopic (exact) mass is 317 g/mol. The van der Waals surface area contributed by atoms with Crippen molar-refractivity contribution < 1.29 is 14.3 Å². The maximum absolute atomic E-state index is 12.2. The number of nitrogens with zero attached hydrogens (tertiary/aromatic N) is 3. The van der Waals surface area contributed by atoms with Crippen LogP contribution in [-0.4, -0.2) is 41.1 Å². The molecule has 0 bridgehead atoms. The van der Waals surface area contributed by atoms with Crippen molar-refractivity contribution >= 4 is 17.8 Å². The minimum Gasteiger partial charge on any atom is -0.444 e. The van der Waals surface area contributed by atoms with Gasteiger partial charge in [-0.2, -0.15) is 0 Å². The molecule has 2 rings (SSSR count). The van der Waals surface area contributed by atoms with Crippen LogP contribution in [0.1, 0.15) is 31.9 Å². The molecule has 0 unspecified atom stereocenters. The summed E-state index contributed by atoms with van der Waals surface area (Å²) in [7, 11) is 1.65. The van der Waals surface area contributed by atoms with Gasteiger partial charge in [0.1, 0.15) is 11.4 Å². The van der Waals surface area contributed by atoms with E-state index in [2.05, 4.69) is 11.6 Å². The highest BCUT2D eigenvalue weighted by Gasteiger charge is 2.26. The summed E-state index contributed by atoms with van der Waals surface area (Å²) in [6.45, 7) is 10.1. The van der Waals surface area contributed by atoms with E-state index in [1.807, 2.05) is 26.8 Å². The van der Waals surface area contributed by atoms with E-state index in [1.165, 1.54) is 11.0 Å². The topological polar surface area (TPSA) is 62.7 Å². The molecule has 1 aliphatic rings. The van der Waals surface area contributed by atoms with Crippen LogP contribution < -0.4 is 4.90 Å². The van der Waals surface area contributed by atoms with E-state index in [-0.39, 0.29) is 12.0 Å². The van der Waals surface area contributed by atoms with Crippen molar-refractivity contribution in [2.45, 2.75) is 39.3 Å². The molecule has 0 saturated carbocycles. The number of anilines is 1. The molecule has 0 atom stereocenters. The summed E-state index contributed by atoms with van der Waals surface area (Å²) in [6, 6.07) is 1.84. The number of aromatic nitrogens is 1. The van der Waals surface area contributed by atoms with E-state index < -0.39 is 5.60 Å². The summed E-state index contributed by atoms with van der Waals surface area (Å²) >= 11 is 0. The van der Waals surface area contributed by atoms with Crippen LogP contribution in [-0.2, 0) is 22.5 Å². The highest BCUT2D eigenvalue weighted by molar-refractivity contribution is 5.99. The zero-order valence-electron chi connectivity index (χ0n) is 14.1. The van der Waals surface area contributed by atoms with Crippen molar-refractivity contribution in [3.8, 4) is 0 Å². The molecule has 0 aliphatic carbocycles. The van der Waals surface area contributed by atoms with E-state index in [9.17, 15) is 9.59 Å². The van der Waals surface area contributed by atoms with Gasteiger partial charge in [0.2, 0.25) is 0 Å². The molecule has 0 N–H and O–H groups in total. The predicted molar refractivity (Wildman–Crippen MR) is 88.2 cm³/mol. The Labute approximate surface area is 136 Å². The number of carbonyl (C=O) groups excluding carboxylic acids is 2. The van der Waals surface area contributed by atoms with Crippen LogP contribution in [0.15, 0.2) is 24.9 Å². The van der Waals surface area contributed by atoms with Crippen molar-refractivity contribution in [2.75, 3.05) is 18.5 Å². The summed E-state index contributed by atoms with van der Waals surface area (Å²) in [5.41, 5.74) is 1.56. The molecule has 1 aromatic heterocycles. The molecule has 0 aromatic carbocycles. The molecule has 23 heavy (non-hydrogen) atoms. The van der Waals surface area contributed by atoms with E-state index in [4.69, 9.17) is 4.74 Å². The molecule has 0 radical (unpaired) electrons. The Morgan fingerprint density at radius 2 is 2.09 bits per heavy atom. The second-order valence-corrected chi connectivity index (χ2v) is 6.56. The van der Waals surface area contributed by atoms with Gasteiger partial charge in [0.25, 0.3) is 5.91 Å². The Balaban J connectivity index is 2.17. The van der Waals surface area contributed by atoms with Crippen molar-refractivity contribution in [3.05, 3.63) is 36.0 Å². The lowest BCUT2D eigenvalue weighted by Crippen LogP contribution is -2.40. The second-order valence-electron chi connectivity index (χ2n) is 6.56.